The predicted molar refractivity (Wildman–Crippen MR) is 69.4 cm³/mol. The monoisotopic (exact) mass is 254 g/mol. The number of rotatable bonds is 1. The van der Waals surface area contributed by atoms with Gasteiger partial charge in [0.15, 0.2) is 0 Å². The lowest BCUT2D eigenvalue weighted by Crippen LogP contribution is -2.41. The SMILES string of the molecule is CC1(C)OB(c2cc(N)nc(Cl)c2)OC1(C)C. The molecule has 0 saturated carbocycles. The minimum atomic E-state index is -0.456. The molecule has 1 aromatic heterocycles. The lowest BCUT2D eigenvalue weighted by Gasteiger charge is -2.32. The van der Waals surface area contributed by atoms with Crippen LogP contribution >= 0.6 is 11.6 Å². The van der Waals surface area contributed by atoms with Gasteiger partial charge in [-0.05, 0) is 45.3 Å². The molecule has 0 unspecified atom stereocenters. The van der Waals surface area contributed by atoms with Gasteiger partial charge < -0.3 is 15.0 Å². The average Bonchev–Trinajstić information content (AvgIpc) is 2.34. The minimum absolute atomic E-state index is 0.342. The van der Waals surface area contributed by atoms with E-state index < -0.39 is 7.12 Å². The van der Waals surface area contributed by atoms with E-state index in [0.717, 1.165) is 5.46 Å². The van der Waals surface area contributed by atoms with Crippen LogP contribution in [0, 0.1) is 0 Å². The Morgan fingerprint density at radius 3 is 2.18 bits per heavy atom. The molecule has 2 N–H and O–H groups in total. The molecule has 0 bridgehead atoms. The molecule has 92 valence electrons. The van der Waals surface area contributed by atoms with Crippen LogP contribution in [0.15, 0.2) is 12.1 Å². The van der Waals surface area contributed by atoms with Gasteiger partial charge in [-0.2, -0.15) is 0 Å². The predicted octanol–water partition coefficient (Wildman–Crippen LogP) is 1.62. The normalized spacial score (nSPS) is 21.8. The van der Waals surface area contributed by atoms with E-state index in [9.17, 15) is 0 Å². The van der Waals surface area contributed by atoms with Gasteiger partial charge in [-0.1, -0.05) is 11.6 Å². The third kappa shape index (κ3) is 2.27. The van der Waals surface area contributed by atoms with Crippen LogP contribution in [0.25, 0.3) is 0 Å². The molecule has 0 aromatic carbocycles. The summed E-state index contributed by atoms with van der Waals surface area (Å²) < 4.78 is 11.8. The first-order chi connectivity index (χ1) is 7.71. The minimum Gasteiger partial charge on any atom is -0.399 e. The van der Waals surface area contributed by atoms with E-state index >= 15 is 0 Å². The summed E-state index contributed by atoms with van der Waals surface area (Å²) in [6.45, 7) is 8.00. The summed E-state index contributed by atoms with van der Waals surface area (Å²) in [6.07, 6.45) is 0. The first-order valence-corrected chi connectivity index (χ1v) is 5.88. The van der Waals surface area contributed by atoms with Crippen LogP contribution in [-0.4, -0.2) is 23.3 Å². The largest absolute Gasteiger partial charge is 0.495 e. The summed E-state index contributed by atoms with van der Waals surface area (Å²) >= 11 is 5.87. The zero-order chi connectivity index (χ0) is 12.8. The van der Waals surface area contributed by atoms with Gasteiger partial charge in [0.1, 0.15) is 11.0 Å². The summed E-state index contributed by atoms with van der Waals surface area (Å²) in [5.41, 5.74) is 5.70. The third-order valence-electron chi connectivity index (χ3n) is 3.36. The van der Waals surface area contributed by atoms with Gasteiger partial charge in [0.25, 0.3) is 0 Å². The van der Waals surface area contributed by atoms with E-state index in [1.165, 1.54) is 0 Å². The number of anilines is 1. The molecule has 0 atom stereocenters. The summed E-state index contributed by atoms with van der Waals surface area (Å²) in [5.74, 6) is 0.363. The van der Waals surface area contributed by atoms with Crippen molar-refractivity contribution in [2.24, 2.45) is 0 Å². The molecular formula is C11H16BClN2O2. The first kappa shape index (κ1) is 12.7. The molecule has 1 saturated heterocycles. The summed E-state index contributed by atoms with van der Waals surface area (Å²) in [5, 5.41) is 0.342. The van der Waals surface area contributed by atoms with Gasteiger partial charge in [0.05, 0.1) is 11.2 Å². The van der Waals surface area contributed by atoms with Gasteiger partial charge in [0, 0.05) is 0 Å². The molecular weight excluding hydrogens is 238 g/mol. The topological polar surface area (TPSA) is 57.4 Å². The van der Waals surface area contributed by atoms with Crippen molar-refractivity contribution in [3.63, 3.8) is 0 Å². The standard InChI is InChI=1S/C11H16BClN2O2/c1-10(2)11(3,4)17-12(16-10)7-5-8(13)15-9(14)6-7/h5-6H,1-4H3,(H2,14,15). The Morgan fingerprint density at radius 1 is 1.18 bits per heavy atom. The highest BCUT2D eigenvalue weighted by molar-refractivity contribution is 6.62. The van der Waals surface area contributed by atoms with Crippen molar-refractivity contribution in [1.82, 2.24) is 4.98 Å². The lowest BCUT2D eigenvalue weighted by molar-refractivity contribution is 0.00578. The quantitative estimate of drug-likeness (QED) is 0.611. The van der Waals surface area contributed by atoms with E-state index in [2.05, 4.69) is 4.98 Å². The number of halogens is 1. The van der Waals surface area contributed by atoms with E-state index in [1.807, 2.05) is 27.7 Å². The molecule has 4 nitrogen and oxygen atoms in total. The van der Waals surface area contributed by atoms with Gasteiger partial charge in [0.2, 0.25) is 0 Å². The van der Waals surface area contributed by atoms with Crippen LogP contribution in [0.2, 0.25) is 5.15 Å². The van der Waals surface area contributed by atoms with Crippen molar-refractivity contribution in [1.29, 1.82) is 0 Å². The van der Waals surface area contributed by atoms with Crippen LogP contribution < -0.4 is 11.2 Å². The molecule has 0 amide bonds. The number of pyridine rings is 1. The van der Waals surface area contributed by atoms with Crippen molar-refractivity contribution >= 4 is 30.0 Å². The number of nitrogen functional groups attached to an aromatic ring is 1. The number of hydrogen-bond donors (Lipinski definition) is 1. The van der Waals surface area contributed by atoms with E-state index in [0.29, 0.717) is 11.0 Å². The molecule has 1 aromatic rings. The highest BCUT2D eigenvalue weighted by Gasteiger charge is 2.51. The molecule has 2 rings (SSSR count). The average molecular weight is 255 g/mol. The van der Waals surface area contributed by atoms with Crippen LogP contribution in [0.1, 0.15) is 27.7 Å². The summed E-state index contributed by atoms with van der Waals surface area (Å²) in [4.78, 5) is 3.91. The fraction of sp³-hybridized carbons (Fsp3) is 0.545. The van der Waals surface area contributed by atoms with Crippen LogP contribution in [0.3, 0.4) is 0 Å². The number of nitrogens with zero attached hydrogens (tertiary/aromatic N) is 1. The summed E-state index contributed by atoms with van der Waals surface area (Å²) in [7, 11) is -0.456. The highest BCUT2D eigenvalue weighted by atomic mass is 35.5. The molecule has 1 fully saturated rings. The van der Waals surface area contributed by atoms with E-state index in [4.69, 9.17) is 26.6 Å². The second-order valence-electron chi connectivity index (χ2n) is 5.24. The van der Waals surface area contributed by atoms with Crippen molar-refractivity contribution in [2.45, 2.75) is 38.9 Å². The fourth-order valence-corrected chi connectivity index (χ4v) is 1.88. The van der Waals surface area contributed by atoms with E-state index in [-0.39, 0.29) is 11.2 Å². The highest BCUT2D eigenvalue weighted by Crippen LogP contribution is 2.36. The number of nitrogens with two attached hydrogens (primary N) is 1. The number of hydrogen-bond acceptors (Lipinski definition) is 4. The Kier molecular flexibility index (Phi) is 2.88. The Bertz CT molecular complexity index is 415. The lowest BCUT2D eigenvalue weighted by atomic mass is 9.80. The molecule has 1 aliphatic heterocycles. The molecule has 0 radical (unpaired) electrons. The van der Waals surface area contributed by atoms with Crippen LogP contribution in [0.5, 0.6) is 0 Å². The summed E-state index contributed by atoms with van der Waals surface area (Å²) in [6, 6.07) is 3.42. The number of aromatic nitrogens is 1. The third-order valence-corrected chi connectivity index (χ3v) is 3.56. The van der Waals surface area contributed by atoms with Gasteiger partial charge >= 0.3 is 7.12 Å². The second-order valence-corrected chi connectivity index (χ2v) is 5.62. The molecule has 1 aliphatic rings. The van der Waals surface area contributed by atoms with Crippen LogP contribution in [-0.2, 0) is 9.31 Å². The Balaban J connectivity index is 2.32. The maximum Gasteiger partial charge on any atom is 0.495 e. The maximum atomic E-state index is 5.90. The molecule has 0 aliphatic carbocycles. The van der Waals surface area contributed by atoms with Crippen molar-refractivity contribution in [3.8, 4) is 0 Å². The first-order valence-electron chi connectivity index (χ1n) is 5.50. The second kappa shape index (κ2) is 3.87. The smallest absolute Gasteiger partial charge is 0.399 e. The Hall–Kier alpha value is -0.775. The fourth-order valence-electron chi connectivity index (χ4n) is 1.65. The molecule has 6 heteroatoms. The van der Waals surface area contributed by atoms with Gasteiger partial charge in [-0.25, -0.2) is 4.98 Å². The zero-order valence-electron chi connectivity index (χ0n) is 10.5. The van der Waals surface area contributed by atoms with Crippen molar-refractivity contribution in [3.05, 3.63) is 17.3 Å². The molecule has 17 heavy (non-hydrogen) atoms. The maximum absolute atomic E-state index is 5.90. The van der Waals surface area contributed by atoms with Crippen molar-refractivity contribution < 1.29 is 9.31 Å². The van der Waals surface area contributed by atoms with Crippen molar-refractivity contribution in [2.75, 3.05) is 5.73 Å². The van der Waals surface area contributed by atoms with E-state index in [1.54, 1.807) is 12.1 Å². The Labute approximate surface area is 107 Å². The van der Waals surface area contributed by atoms with Crippen LogP contribution in [0.4, 0.5) is 5.82 Å². The Morgan fingerprint density at radius 2 is 1.71 bits per heavy atom. The molecule has 0 spiro atoms. The molecule has 2 heterocycles. The van der Waals surface area contributed by atoms with Gasteiger partial charge in [-0.3, -0.25) is 0 Å². The van der Waals surface area contributed by atoms with Gasteiger partial charge in [-0.15, -0.1) is 0 Å². The zero-order valence-corrected chi connectivity index (χ0v) is 11.2.